The molecule has 1 saturated heterocycles. The van der Waals surface area contributed by atoms with E-state index in [0.29, 0.717) is 18.7 Å². The molecule has 0 aliphatic carbocycles. The highest BCUT2D eigenvalue weighted by Crippen LogP contribution is 2.19. The van der Waals surface area contributed by atoms with E-state index in [-0.39, 0.29) is 11.7 Å². The Morgan fingerprint density at radius 2 is 2.35 bits per heavy atom. The van der Waals surface area contributed by atoms with E-state index in [2.05, 4.69) is 4.90 Å². The van der Waals surface area contributed by atoms with E-state index >= 15 is 0 Å². The quantitative estimate of drug-likeness (QED) is 0.901. The molecule has 1 aromatic carbocycles. The Morgan fingerprint density at radius 3 is 3.05 bits per heavy atom. The summed E-state index contributed by atoms with van der Waals surface area (Å²) in [6.45, 7) is 4.75. The van der Waals surface area contributed by atoms with Crippen molar-refractivity contribution in [2.45, 2.75) is 32.4 Å². The predicted molar refractivity (Wildman–Crippen MR) is 73.3 cm³/mol. The lowest BCUT2D eigenvalue weighted by molar-refractivity contribution is 0.00354. The van der Waals surface area contributed by atoms with Gasteiger partial charge in [-0.2, -0.15) is 0 Å². The minimum absolute atomic E-state index is 0.171. The van der Waals surface area contributed by atoms with Crippen molar-refractivity contribution < 1.29 is 19.0 Å². The molecule has 5 heteroatoms. The smallest absolute Gasteiger partial charge is 0.336 e. The molecule has 1 fully saturated rings. The monoisotopic (exact) mass is 281 g/mol. The number of aromatic carboxylic acids is 1. The van der Waals surface area contributed by atoms with Crippen LogP contribution < -0.4 is 0 Å². The zero-order chi connectivity index (χ0) is 14.5. The van der Waals surface area contributed by atoms with Crippen molar-refractivity contribution in [2.24, 2.45) is 0 Å². The predicted octanol–water partition coefficient (Wildman–Crippen LogP) is 2.52. The van der Waals surface area contributed by atoms with Gasteiger partial charge in [0.15, 0.2) is 0 Å². The Kier molecular flexibility index (Phi) is 5.09. The highest BCUT2D eigenvalue weighted by molar-refractivity contribution is 5.89. The minimum atomic E-state index is -1.02. The second kappa shape index (κ2) is 6.81. The standard InChI is InChI=1S/C15H20FNO3/c1-2-20-13-4-3-7-17(10-13)9-11-8-12(16)5-6-14(11)15(18)19/h5-6,8,13H,2-4,7,9-10H2,1H3,(H,18,19). The minimum Gasteiger partial charge on any atom is -0.478 e. The first-order valence-electron chi connectivity index (χ1n) is 6.95. The zero-order valence-electron chi connectivity index (χ0n) is 11.6. The number of piperidine rings is 1. The molecule has 1 aliphatic rings. The molecule has 0 spiro atoms. The van der Waals surface area contributed by atoms with E-state index in [1.54, 1.807) is 0 Å². The Morgan fingerprint density at radius 1 is 1.55 bits per heavy atom. The molecule has 1 heterocycles. The second-order valence-electron chi connectivity index (χ2n) is 5.06. The molecular formula is C15H20FNO3. The number of nitrogens with zero attached hydrogens (tertiary/aromatic N) is 1. The van der Waals surface area contributed by atoms with Crippen LogP contribution in [-0.2, 0) is 11.3 Å². The van der Waals surface area contributed by atoms with Crippen molar-refractivity contribution in [2.75, 3.05) is 19.7 Å². The summed E-state index contributed by atoms with van der Waals surface area (Å²) < 4.78 is 18.9. The molecule has 1 atom stereocenters. The third-order valence-electron chi connectivity index (χ3n) is 3.56. The maximum absolute atomic E-state index is 13.3. The van der Waals surface area contributed by atoms with Crippen molar-refractivity contribution in [3.8, 4) is 0 Å². The maximum Gasteiger partial charge on any atom is 0.336 e. The summed E-state index contributed by atoms with van der Waals surface area (Å²) in [5.41, 5.74) is 0.694. The van der Waals surface area contributed by atoms with Gasteiger partial charge in [0.05, 0.1) is 11.7 Å². The fourth-order valence-corrected chi connectivity index (χ4v) is 2.67. The summed E-state index contributed by atoms with van der Waals surface area (Å²) in [5.74, 6) is -1.42. The van der Waals surface area contributed by atoms with Gasteiger partial charge in [0, 0.05) is 19.7 Å². The Labute approximate surface area is 118 Å². The molecule has 1 N–H and O–H groups in total. The molecule has 0 radical (unpaired) electrons. The SMILES string of the molecule is CCOC1CCCN(Cc2cc(F)ccc2C(=O)O)C1. The molecule has 0 aromatic heterocycles. The summed E-state index contributed by atoms with van der Waals surface area (Å²) >= 11 is 0. The molecule has 2 rings (SSSR count). The van der Waals surface area contributed by atoms with E-state index in [9.17, 15) is 9.18 Å². The van der Waals surface area contributed by atoms with Gasteiger partial charge in [-0.05, 0) is 50.1 Å². The Hall–Kier alpha value is -1.46. The highest BCUT2D eigenvalue weighted by Gasteiger charge is 2.22. The van der Waals surface area contributed by atoms with Gasteiger partial charge in [0.2, 0.25) is 0 Å². The Balaban J connectivity index is 2.09. The average Bonchev–Trinajstić information content (AvgIpc) is 2.39. The number of carbonyl (C=O) groups is 1. The molecule has 20 heavy (non-hydrogen) atoms. The van der Waals surface area contributed by atoms with Crippen LogP contribution in [0.2, 0.25) is 0 Å². The van der Waals surface area contributed by atoms with Crippen LogP contribution in [0.25, 0.3) is 0 Å². The molecule has 0 saturated carbocycles. The third kappa shape index (κ3) is 3.77. The van der Waals surface area contributed by atoms with Crippen molar-refractivity contribution in [1.82, 2.24) is 4.90 Å². The normalized spacial score (nSPS) is 20.0. The molecule has 110 valence electrons. The highest BCUT2D eigenvalue weighted by atomic mass is 19.1. The lowest BCUT2D eigenvalue weighted by atomic mass is 10.0. The number of halogens is 1. The number of carboxylic acids is 1. The van der Waals surface area contributed by atoms with Crippen molar-refractivity contribution in [3.05, 3.63) is 35.1 Å². The first-order valence-corrected chi connectivity index (χ1v) is 6.95. The van der Waals surface area contributed by atoms with Crippen LogP contribution in [0.15, 0.2) is 18.2 Å². The van der Waals surface area contributed by atoms with E-state index in [1.165, 1.54) is 18.2 Å². The van der Waals surface area contributed by atoms with E-state index in [1.807, 2.05) is 6.92 Å². The first kappa shape index (κ1) is 14.9. The number of rotatable bonds is 5. The van der Waals surface area contributed by atoms with Crippen LogP contribution in [-0.4, -0.2) is 41.8 Å². The number of benzene rings is 1. The van der Waals surface area contributed by atoms with Crippen LogP contribution in [0.5, 0.6) is 0 Å². The maximum atomic E-state index is 13.3. The van der Waals surface area contributed by atoms with E-state index < -0.39 is 11.8 Å². The number of likely N-dealkylation sites (tertiary alicyclic amines) is 1. The molecule has 0 bridgehead atoms. The van der Waals surface area contributed by atoms with Gasteiger partial charge in [-0.15, -0.1) is 0 Å². The third-order valence-corrected chi connectivity index (χ3v) is 3.56. The van der Waals surface area contributed by atoms with E-state index in [0.717, 1.165) is 25.9 Å². The fraction of sp³-hybridized carbons (Fsp3) is 0.533. The summed E-state index contributed by atoms with van der Waals surface area (Å²) in [6, 6.07) is 3.83. The Bertz CT molecular complexity index is 476. The molecule has 0 amide bonds. The number of hydrogen-bond donors (Lipinski definition) is 1. The van der Waals surface area contributed by atoms with Gasteiger partial charge in [-0.25, -0.2) is 9.18 Å². The number of carboxylic acid groups (broad SMARTS) is 1. The van der Waals surface area contributed by atoms with Crippen molar-refractivity contribution >= 4 is 5.97 Å². The number of ether oxygens (including phenoxy) is 1. The topological polar surface area (TPSA) is 49.8 Å². The van der Waals surface area contributed by atoms with Gasteiger partial charge in [-0.1, -0.05) is 0 Å². The van der Waals surface area contributed by atoms with Crippen molar-refractivity contribution in [3.63, 3.8) is 0 Å². The average molecular weight is 281 g/mol. The summed E-state index contributed by atoms with van der Waals surface area (Å²) in [7, 11) is 0. The van der Waals surface area contributed by atoms with Crippen LogP contribution in [0.1, 0.15) is 35.7 Å². The summed E-state index contributed by atoms with van der Waals surface area (Å²) in [6.07, 6.45) is 2.23. The van der Waals surface area contributed by atoms with Crippen LogP contribution in [0, 0.1) is 5.82 Å². The number of hydrogen-bond acceptors (Lipinski definition) is 3. The van der Waals surface area contributed by atoms with Crippen LogP contribution in [0.4, 0.5) is 4.39 Å². The van der Waals surface area contributed by atoms with Gasteiger partial charge in [0.1, 0.15) is 5.82 Å². The lowest BCUT2D eigenvalue weighted by Gasteiger charge is -2.32. The zero-order valence-corrected chi connectivity index (χ0v) is 11.6. The second-order valence-corrected chi connectivity index (χ2v) is 5.06. The largest absolute Gasteiger partial charge is 0.478 e. The van der Waals surface area contributed by atoms with Gasteiger partial charge >= 0.3 is 5.97 Å². The van der Waals surface area contributed by atoms with Gasteiger partial charge in [-0.3, -0.25) is 4.90 Å². The summed E-state index contributed by atoms with van der Waals surface area (Å²) in [5, 5.41) is 9.16. The van der Waals surface area contributed by atoms with Gasteiger partial charge in [0.25, 0.3) is 0 Å². The van der Waals surface area contributed by atoms with Crippen LogP contribution in [0.3, 0.4) is 0 Å². The molecule has 1 aliphatic heterocycles. The van der Waals surface area contributed by atoms with Crippen LogP contribution >= 0.6 is 0 Å². The molecular weight excluding hydrogens is 261 g/mol. The van der Waals surface area contributed by atoms with Gasteiger partial charge < -0.3 is 9.84 Å². The fourth-order valence-electron chi connectivity index (χ4n) is 2.67. The van der Waals surface area contributed by atoms with Crippen molar-refractivity contribution in [1.29, 1.82) is 0 Å². The summed E-state index contributed by atoms with van der Waals surface area (Å²) in [4.78, 5) is 13.3. The molecule has 1 unspecified atom stereocenters. The lowest BCUT2D eigenvalue weighted by Crippen LogP contribution is -2.39. The molecule has 1 aromatic rings. The molecule has 4 nitrogen and oxygen atoms in total. The first-order chi connectivity index (χ1) is 9.60. The van der Waals surface area contributed by atoms with E-state index in [4.69, 9.17) is 9.84 Å².